The summed E-state index contributed by atoms with van der Waals surface area (Å²) in [6.07, 6.45) is 0. The lowest BCUT2D eigenvalue weighted by molar-refractivity contribution is 0.425. The number of anilines is 1. The number of nitrogens with zero attached hydrogens (tertiary/aromatic N) is 2. The topological polar surface area (TPSA) is 51.0 Å². The summed E-state index contributed by atoms with van der Waals surface area (Å²) in [5.74, 6) is 2.09. The normalized spacial score (nSPS) is 10.9. The van der Waals surface area contributed by atoms with Gasteiger partial charge in [-0.1, -0.05) is 31.1 Å². The Labute approximate surface area is 111 Å². The second-order valence-corrected chi connectivity index (χ2v) is 5.74. The monoisotopic (exact) mass is 263 g/mol. The van der Waals surface area contributed by atoms with Gasteiger partial charge in [-0.2, -0.15) is 16.7 Å². The molecule has 0 amide bonds. The van der Waals surface area contributed by atoms with E-state index in [4.69, 9.17) is 4.52 Å². The Morgan fingerprint density at radius 3 is 2.83 bits per heavy atom. The standard InChI is InChI=1S/C13H17N3OS/c1-9(2)18-8-12-15-13(17-16-12)10-6-4-5-7-11(10)14-3/h4-7,9,14H,8H2,1-3H3. The number of thioether (sulfide) groups is 1. The summed E-state index contributed by atoms with van der Waals surface area (Å²) in [6.45, 7) is 4.31. The SMILES string of the molecule is CNc1ccccc1-c1nc(CSC(C)C)no1. The van der Waals surface area contributed by atoms with Crippen LogP contribution in [0.3, 0.4) is 0 Å². The van der Waals surface area contributed by atoms with Crippen LogP contribution < -0.4 is 5.32 Å². The molecule has 0 unspecified atom stereocenters. The first-order valence-electron chi connectivity index (χ1n) is 5.92. The van der Waals surface area contributed by atoms with Gasteiger partial charge in [0.05, 0.1) is 11.3 Å². The molecule has 0 aliphatic heterocycles. The van der Waals surface area contributed by atoms with Crippen LogP contribution in [0.1, 0.15) is 19.7 Å². The first-order chi connectivity index (χ1) is 8.70. The maximum Gasteiger partial charge on any atom is 0.260 e. The maximum atomic E-state index is 5.31. The largest absolute Gasteiger partial charge is 0.387 e. The van der Waals surface area contributed by atoms with Crippen LogP contribution in [0.15, 0.2) is 28.8 Å². The van der Waals surface area contributed by atoms with E-state index in [0.29, 0.717) is 11.1 Å². The molecule has 0 spiro atoms. The molecule has 2 rings (SSSR count). The predicted molar refractivity (Wildman–Crippen MR) is 75.7 cm³/mol. The molecule has 1 N–H and O–H groups in total. The first kappa shape index (κ1) is 13.0. The molecule has 1 aromatic carbocycles. The van der Waals surface area contributed by atoms with Gasteiger partial charge in [0.15, 0.2) is 5.82 Å². The van der Waals surface area contributed by atoms with Crippen LogP contribution in [-0.2, 0) is 5.75 Å². The number of hydrogen-bond acceptors (Lipinski definition) is 5. The molecule has 0 radical (unpaired) electrons. The van der Waals surface area contributed by atoms with Crippen molar-refractivity contribution in [3.05, 3.63) is 30.1 Å². The van der Waals surface area contributed by atoms with Gasteiger partial charge < -0.3 is 9.84 Å². The van der Waals surface area contributed by atoms with Gasteiger partial charge in [-0.3, -0.25) is 0 Å². The Bertz CT molecular complexity index is 510. The summed E-state index contributed by atoms with van der Waals surface area (Å²) in [5.41, 5.74) is 1.93. The highest BCUT2D eigenvalue weighted by Crippen LogP contribution is 2.26. The third-order valence-electron chi connectivity index (χ3n) is 2.44. The third-order valence-corrected chi connectivity index (χ3v) is 3.53. The molecular formula is C13H17N3OS. The molecule has 0 atom stereocenters. The van der Waals surface area contributed by atoms with E-state index in [1.165, 1.54) is 0 Å². The zero-order valence-electron chi connectivity index (χ0n) is 10.8. The molecule has 96 valence electrons. The van der Waals surface area contributed by atoms with Crippen LogP contribution in [0.2, 0.25) is 0 Å². The highest BCUT2D eigenvalue weighted by Gasteiger charge is 2.12. The lowest BCUT2D eigenvalue weighted by Gasteiger charge is -2.03. The fraction of sp³-hybridized carbons (Fsp3) is 0.385. The number of nitrogens with one attached hydrogen (secondary N) is 1. The fourth-order valence-corrected chi connectivity index (χ4v) is 2.15. The predicted octanol–water partition coefficient (Wildman–Crippen LogP) is 3.42. The van der Waals surface area contributed by atoms with Gasteiger partial charge in [-0.15, -0.1) is 0 Å². The molecule has 0 saturated heterocycles. The number of benzene rings is 1. The number of para-hydroxylation sites is 1. The molecule has 2 aromatic rings. The summed E-state index contributed by atoms with van der Waals surface area (Å²) < 4.78 is 5.31. The molecule has 0 fully saturated rings. The highest BCUT2D eigenvalue weighted by atomic mass is 32.2. The van der Waals surface area contributed by atoms with Gasteiger partial charge in [0.25, 0.3) is 5.89 Å². The van der Waals surface area contributed by atoms with Crippen molar-refractivity contribution in [1.29, 1.82) is 0 Å². The third kappa shape index (κ3) is 3.04. The van der Waals surface area contributed by atoms with Crippen LogP contribution in [0.25, 0.3) is 11.5 Å². The molecular weight excluding hydrogens is 246 g/mol. The Morgan fingerprint density at radius 2 is 2.11 bits per heavy atom. The highest BCUT2D eigenvalue weighted by molar-refractivity contribution is 7.99. The molecule has 18 heavy (non-hydrogen) atoms. The average Bonchev–Trinajstić information content (AvgIpc) is 2.85. The average molecular weight is 263 g/mol. The van der Waals surface area contributed by atoms with E-state index in [9.17, 15) is 0 Å². The van der Waals surface area contributed by atoms with E-state index in [1.54, 1.807) is 11.8 Å². The van der Waals surface area contributed by atoms with Crippen LogP contribution >= 0.6 is 11.8 Å². The maximum absolute atomic E-state index is 5.31. The van der Waals surface area contributed by atoms with Crippen molar-refractivity contribution >= 4 is 17.4 Å². The van der Waals surface area contributed by atoms with Gasteiger partial charge in [0.1, 0.15) is 0 Å². The van der Waals surface area contributed by atoms with E-state index in [1.807, 2.05) is 31.3 Å². The Kier molecular flexibility index (Phi) is 4.25. The zero-order valence-corrected chi connectivity index (χ0v) is 11.6. The van der Waals surface area contributed by atoms with Crippen molar-refractivity contribution in [3.63, 3.8) is 0 Å². The van der Waals surface area contributed by atoms with Gasteiger partial charge in [0, 0.05) is 12.7 Å². The van der Waals surface area contributed by atoms with Gasteiger partial charge >= 0.3 is 0 Å². The Morgan fingerprint density at radius 1 is 1.33 bits per heavy atom. The molecule has 0 aliphatic carbocycles. The summed E-state index contributed by atoms with van der Waals surface area (Å²) in [5, 5.41) is 7.69. The van der Waals surface area contributed by atoms with Crippen LogP contribution in [0, 0.1) is 0 Å². The fourth-order valence-electron chi connectivity index (χ4n) is 1.55. The second-order valence-electron chi connectivity index (χ2n) is 4.17. The Hall–Kier alpha value is -1.49. The van der Waals surface area contributed by atoms with Crippen LogP contribution in [0.5, 0.6) is 0 Å². The van der Waals surface area contributed by atoms with E-state index < -0.39 is 0 Å². The van der Waals surface area contributed by atoms with Crippen LogP contribution in [-0.4, -0.2) is 22.4 Å². The number of rotatable bonds is 5. The molecule has 4 nitrogen and oxygen atoms in total. The van der Waals surface area contributed by atoms with E-state index in [-0.39, 0.29) is 0 Å². The van der Waals surface area contributed by atoms with Gasteiger partial charge in [-0.05, 0) is 17.4 Å². The molecule has 1 aromatic heterocycles. The quantitative estimate of drug-likeness (QED) is 0.895. The summed E-state index contributed by atoms with van der Waals surface area (Å²) >= 11 is 1.80. The lowest BCUT2D eigenvalue weighted by atomic mass is 10.2. The van der Waals surface area contributed by atoms with E-state index in [0.717, 1.165) is 22.8 Å². The Balaban J connectivity index is 2.18. The van der Waals surface area contributed by atoms with Crippen molar-refractivity contribution in [2.45, 2.75) is 24.9 Å². The van der Waals surface area contributed by atoms with Crippen LogP contribution in [0.4, 0.5) is 5.69 Å². The van der Waals surface area contributed by atoms with Crippen molar-refractivity contribution < 1.29 is 4.52 Å². The molecule has 5 heteroatoms. The van der Waals surface area contributed by atoms with Gasteiger partial charge in [-0.25, -0.2) is 0 Å². The van der Waals surface area contributed by atoms with Crippen molar-refractivity contribution in [1.82, 2.24) is 10.1 Å². The number of aromatic nitrogens is 2. The van der Waals surface area contributed by atoms with Crippen molar-refractivity contribution in [3.8, 4) is 11.5 Å². The minimum Gasteiger partial charge on any atom is -0.387 e. The molecule has 0 bridgehead atoms. The van der Waals surface area contributed by atoms with E-state index in [2.05, 4.69) is 29.3 Å². The first-order valence-corrected chi connectivity index (χ1v) is 6.97. The second kappa shape index (κ2) is 5.91. The minimum absolute atomic E-state index is 0.566. The molecule has 0 aliphatic rings. The van der Waals surface area contributed by atoms with Gasteiger partial charge in [0.2, 0.25) is 0 Å². The smallest absolute Gasteiger partial charge is 0.260 e. The molecule has 1 heterocycles. The van der Waals surface area contributed by atoms with E-state index >= 15 is 0 Å². The summed E-state index contributed by atoms with van der Waals surface area (Å²) in [7, 11) is 1.88. The molecule has 0 saturated carbocycles. The lowest BCUT2D eigenvalue weighted by Crippen LogP contribution is -1.92. The zero-order chi connectivity index (χ0) is 13.0. The van der Waals surface area contributed by atoms with Crippen molar-refractivity contribution in [2.24, 2.45) is 0 Å². The minimum atomic E-state index is 0.566. The summed E-state index contributed by atoms with van der Waals surface area (Å²) in [4.78, 5) is 4.42. The van der Waals surface area contributed by atoms with Crippen molar-refractivity contribution in [2.75, 3.05) is 12.4 Å². The number of hydrogen-bond donors (Lipinski definition) is 1. The summed E-state index contributed by atoms with van der Waals surface area (Å²) in [6, 6.07) is 7.89.